The molecule has 3 rings (SSSR count). The summed E-state index contributed by atoms with van der Waals surface area (Å²) in [5, 5.41) is 0. The molecule has 2 N–H and O–H groups in total. The van der Waals surface area contributed by atoms with Gasteiger partial charge in [0, 0.05) is 23.8 Å². The van der Waals surface area contributed by atoms with Gasteiger partial charge < -0.3 is 15.4 Å². The number of ether oxygens (including phenoxy) is 1. The maximum atomic E-state index is 14.1. The molecule has 1 saturated carbocycles. The summed E-state index contributed by atoms with van der Waals surface area (Å²) in [6.07, 6.45) is 4.99. The summed E-state index contributed by atoms with van der Waals surface area (Å²) < 4.78 is 20.0. The van der Waals surface area contributed by atoms with Crippen molar-refractivity contribution < 1.29 is 9.13 Å². The summed E-state index contributed by atoms with van der Waals surface area (Å²) in [4.78, 5) is 2.33. The summed E-state index contributed by atoms with van der Waals surface area (Å²) in [5.41, 5.74) is 7.59. The van der Waals surface area contributed by atoms with Crippen molar-refractivity contribution in [3.63, 3.8) is 0 Å². The van der Waals surface area contributed by atoms with Crippen LogP contribution in [-0.2, 0) is 4.74 Å². The van der Waals surface area contributed by atoms with Gasteiger partial charge >= 0.3 is 0 Å². The molecule has 0 aromatic heterocycles. The lowest BCUT2D eigenvalue weighted by Gasteiger charge is -2.46. The first-order valence-corrected chi connectivity index (χ1v) is 7.60. The largest absolute Gasteiger partial charge is 0.374 e. The van der Waals surface area contributed by atoms with Crippen molar-refractivity contribution in [2.75, 3.05) is 18.1 Å². The molecule has 4 heteroatoms. The number of morpholine rings is 1. The third-order valence-electron chi connectivity index (χ3n) is 4.53. The molecular formula is C16H23FN2O. The van der Waals surface area contributed by atoms with E-state index in [9.17, 15) is 4.39 Å². The molecule has 1 heterocycles. The van der Waals surface area contributed by atoms with Gasteiger partial charge in [0.25, 0.3) is 0 Å². The van der Waals surface area contributed by atoms with E-state index in [0.717, 1.165) is 31.7 Å². The molecule has 1 saturated heterocycles. The minimum absolute atomic E-state index is 0.198. The van der Waals surface area contributed by atoms with Crippen LogP contribution in [-0.4, -0.2) is 25.3 Å². The van der Waals surface area contributed by atoms with Gasteiger partial charge in [-0.15, -0.1) is 0 Å². The summed E-state index contributed by atoms with van der Waals surface area (Å²) in [7, 11) is 0. The average Bonchev–Trinajstić information content (AvgIpc) is 2.46. The first-order chi connectivity index (χ1) is 9.68. The van der Waals surface area contributed by atoms with Crippen LogP contribution in [0.25, 0.3) is 0 Å². The Labute approximate surface area is 119 Å². The van der Waals surface area contributed by atoms with Crippen LogP contribution in [0.3, 0.4) is 0 Å². The van der Waals surface area contributed by atoms with Crippen LogP contribution in [0, 0.1) is 5.82 Å². The molecule has 2 aliphatic rings. The van der Waals surface area contributed by atoms with Crippen LogP contribution < -0.4 is 10.6 Å². The zero-order valence-electron chi connectivity index (χ0n) is 12.0. The number of nitrogens with zero attached hydrogens (tertiary/aromatic N) is 1. The highest BCUT2D eigenvalue weighted by Crippen LogP contribution is 2.35. The lowest BCUT2D eigenvalue weighted by Crippen LogP contribution is -2.53. The normalized spacial score (nSPS) is 28.1. The number of benzene rings is 1. The molecule has 1 aromatic carbocycles. The Bertz CT molecular complexity index is 476. The molecule has 1 aliphatic carbocycles. The van der Waals surface area contributed by atoms with Gasteiger partial charge in [0.05, 0.1) is 18.8 Å². The van der Waals surface area contributed by atoms with Gasteiger partial charge in [-0.3, -0.25) is 0 Å². The van der Waals surface area contributed by atoms with Crippen LogP contribution in [0.2, 0.25) is 0 Å². The number of nitrogens with two attached hydrogens (primary N) is 1. The summed E-state index contributed by atoms with van der Waals surface area (Å²) in [5.74, 6) is -0.198. The van der Waals surface area contributed by atoms with E-state index in [-0.39, 0.29) is 11.9 Å². The van der Waals surface area contributed by atoms with E-state index in [1.165, 1.54) is 18.9 Å². The Kier molecular flexibility index (Phi) is 3.94. The van der Waals surface area contributed by atoms with Gasteiger partial charge in [0.2, 0.25) is 0 Å². The molecule has 3 atom stereocenters. The molecular weight excluding hydrogens is 255 g/mol. The number of fused-ring (bicyclic) bond motifs is 1. The first-order valence-electron chi connectivity index (χ1n) is 7.60. The molecule has 2 fully saturated rings. The maximum absolute atomic E-state index is 14.1. The quantitative estimate of drug-likeness (QED) is 0.904. The lowest BCUT2D eigenvalue weighted by molar-refractivity contribution is -0.00878. The van der Waals surface area contributed by atoms with E-state index in [0.29, 0.717) is 17.7 Å². The molecule has 0 spiro atoms. The Hall–Kier alpha value is -1.13. The molecule has 3 nitrogen and oxygen atoms in total. The first kappa shape index (κ1) is 13.8. The van der Waals surface area contributed by atoms with E-state index < -0.39 is 0 Å². The zero-order valence-corrected chi connectivity index (χ0v) is 12.0. The lowest BCUT2D eigenvalue weighted by atomic mass is 9.89. The smallest absolute Gasteiger partial charge is 0.130 e. The van der Waals surface area contributed by atoms with Crippen LogP contribution in [0.5, 0.6) is 0 Å². The third-order valence-corrected chi connectivity index (χ3v) is 4.53. The standard InChI is InChI=1S/C16H23FN2O/c1-11(18)16-12(17)5-4-7-14(16)19-9-10-20-15-8-3-2-6-13(15)19/h4-5,7,11,13,15H,2-3,6,8-10,18H2,1H3/t11-,13?,15?/m1/s1. The van der Waals surface area contributed by atoms with Crippen LogP contribution in [0.4, 0.5) is 10.1 Å². The van der Waals surface area contributed by atoms with Crippen LogP contribution in [0.15, 0.2) is 18.2 Å². The van der Waals surface area contributed by atoms with E-state index in [1.807, 2.05) is 13.0 Å². The Balaban J connectivity index is 1.97. The molecule has 1 aromatic rings. The second-order valence-corrected chi connectivity index (χ2v) is 5.92. The van der Waals surface area contributed by atoms with Crippen molar-refractivity contribution in [1.29, 1.82) is 0 Å². The van der Waals surface area contributed by atoms with Crippen molar-refractivity contribution in [2.45, 2.75) is 50.8 Å². The monoisotopic (exact) mass is 278 g/mol. The SMILES string of the molecule is C[C@@H](N)c1c(F)cccc1N1CCOC2CCCCC21. The number of anilines is 1. The van der Waals surface area contributed by atoms with Gasteiger partial charge in [0.1, 0.15) is 5.82 Å². The van der Waals surface area contributed by atoms with Crippen molar-refractivity contribution in [2.24, 2.45) is 5.73 Å². The molecule has 0 amide bonds. The van der Waals surface area contributed by atoms with Crippen molar-refractivity contribution in [3.8, 4) is 0 Å². The van der Waals surface area contributed by atoms with E-state index in [4.69, 9.17) is 10.5 Å². The van der Waals surface area contributed by atoms with E-state index >= 15 is 0 Å². The number of hydrogen-bond acceptors (Lipinski definition) is 3. The van der Waals surface area contributed by atoms with Crippen molar-refractivity contribution in [3.05, 3.63) is 29.6 Å². The summed E-state index contributed by atoms with van der Waals surface area (Å²) >= 11 is 0. The molecule has 0 radical (unpaired) electrons. The Morgan fingerprint density at radius 2 is 2.15 bits per heavy atom. The van der Waals surface area contributed by atoms with Crippen LogP contribution >= 0.6 is 0 Å². The summed E-state index contributed by atoms with van der Waals surface area (Å²) in [6, 6.07) is 5.36. The summed E-state index contributed by atoms with van der Waals surface area (Å²) in [6.45, 7) is 3.39. The topological polar surface area (TPSA) is 38.5 Å². The van der Waals surface area contributed by atoms with E-state index in [1.54, 1.807) is 6.07 Å². The highest BCUT2D eigenvalue weighted by atomic mass is 19.1. The minimum Gasteiger partial charge on any atom is -0.374 e. The van der Waals surface area contributed by atoms with Crippen LogP contribution in [0.1, 0.15) is 44.2 Å². The third kappa shape index (κ3) is 2.42. The fraction of sp³-hybridized carbons (Fsp3) is 0.625. The van der Waals surface area contributed by atoms with Gasteiger partial charge in [-0.25, -0.2) is 4.39 Å². The second kappa shape index (κ2) is 5.70. The van der Waals surface area contributed by atoms with Gasteiger partial charge in [-0.2, -0.15) is 0 Å². The maximum Gasteiger partial charge on any atom is 0.130 e. The van der Waals surface area contributed by atoms with Gasteiger partial charge in [-0.05, 0) is 31.9 Å². The van der Waals surface area contributed by atoms with Gasteiger partial charge in [-0.1, -0.05) is 18.9 Å². The number of rotatable bonds is 2. The molecule has 0 bridgehead atoms. The minimum atomic E-state index is -0.295. The number of halogens is 1. The molecule has 20 heavy (non-hydrogen) atoms. The highest BCUT2D eigenvalue weighted by Gasteiger charge is 2.35. The van der Waals surface area contributed by atoms with Gasteiger partial charge in [0.15, 0.2) is 0 Å². The number of hydrogen-bond donors (Lipinski definition) is 1. The Morgan fingerprint density at radius 3 is 2.95 bits per heavy atom. The van der Waals surface area contributed by atoms with Crippen molar-refractivity contribution >= 4 is 5.69 Å². The second-order valence-electron chi connectivity index (χ2n) is 5.92. The van der Waals surface area contributed by atoms with Crippen molar-refractivity contribution in [1.82, 2.24) is 0 Å². The van der Waals surface area contributed by atoms with E-state index in [2.05, 4.69) is 4.90 Å². The molecule has 1 aliphatic heterocycles. The molecule has 110 valence electrons. The average molecular weight is 278 g/mol. The highest BCUT2D eigenvalue weighted by molar-refractivity contribution is 5.57. The zero-order chi connectivity index (χ0) is 14.1. The predicted octanol–water partition coefficient (Wildman–Crippen LogP) is 2.99. The Morgan fingerprint density at radius 1 is 1.35 bits per heavy atom. The predicted molar refractivity (Wildman–Crippen MR) is 78.3 cm³/mol. The molecule has 2 unspecified atom stereocenters. The fourth-order valence-corrected chi connectivity index (χ4v) is 3.62. The fourth-order valence-electron chi connectivity index (χ4n) is 3.62.